The molecule has 0 N–H and O–H groups in total. The zero-order valence-electron chi connectivity index (χ0n) is 12.3. The van der Waals surface area contributed by atoms with Crippen LogP contribution in [-0.4, -0.2) is 14.1 Å². The highest BCUT2D eigenvalue weighted by atomic mass is 19.4. The van der Waals surface area contributed by atoms with E-state index in [1.165, 1.54) is 37.2 Å². The molecule has 0 unspecified atom stereocenters. The van der Waals surface area contributed by atoms with Gasteiger partial charge in [0.15, 0.2) is 0 Å². The van der Waals surface area contributed by atoms with Crippen LogP contribution in [0, 0.1) is 0 Å². The van der Waals surface area contributed by atoms with Crippen LogP contribution in [-0.2, 0) is 12.4 Å². The molecule has 0 fully saturated rings. The fourth-order valence-electron chi connectivity index (χ4n) is 2.17. The van der Waals surface area contributed by atoms with Crippen molar-refractivity contribution in [3.8, 4) is 11.1 Å². The first-order chi connectivity index (χ1) is 10.5. The average molecular weight is 333 g/mol. The summed E-state index contributed by atoms with van der Waals surface area (Å²) < 4.78 is 78.3. The van der Waals surface area contributed by atoms with Gasteiger partial charge in [0.1, 0.15) is 0 Å². The van der Waals surface area contributed by atoms with Gasteiger partial charge < -0.3 is 4.90 Å². The molecule has 0 radical (unpaired) electrons. The van der Waals surface area contributed by atoms with Crippen molar-refractivity contribution in [2.24, 2.45) is 0 Å². The maximum atomic E-state index is 13.1. The molecule has 23 heavy (non-hydrogen) atoms. The predicted molar refractivity (Wildman–Crippen MR) is 76.2 cm³/mol. The summed E-state index contributed by atoms with van der Waals surface area (Å²) in [7, 11) is 3.05. The topological polar surface area (TPSA) is 3.24 Å². The standard InChI is InChI=1S/C16H13F6N/c1-23(2)12-8-10(7-11(9-12)15(17,18)19)13-5-3-4-6-14(13)16(20,21)22/h3-9H,1-2H3. The molecule has 0 aliphatic heterocycles. The highest BCUT2D eigenvalue weighted by molar-refractivity contribution is 5.73. The number of nitrogens with zero attached hydrogens (tertiary/aromatic N) is 1. The molecule has 1 nitrogen and oxygen atoms in total. The van der Waals surface area contributed by atoms with Gasteiger partial charge >= 0.3 is 12.4 Å². The fraction of sp³-hybridized carbons (Fsp3) is 0.250. The van der Waals surface area contributed by atoms with E-state index in [2.05, 4.69) is 0 Å². The summed E-state index contributed by atoms with van der Waals surface area (Å²) >= 11 is 0. The first-order valence-corrected chi connectivity index (χ1v) is 6.56. The molecule has 0 heterocycles. The van der Waals surface area contributed by atoms with Crippen LogP contribution in [0.3, 0.4) is 0 Å². The van der Waals surface area contributed by atoms with Crippen molar-refractivity contribution in [2.45, 2.75) is 12.4 Å². The number of benzene rings is 2. The zero-order chi connectivity index (χ0) is 17.4. The Labute approximate surface area is 129 Å². The second-order valence-electron chi connectivity index (χ2n) is 5.20. The lowest BCUT2D eigenvalue weighted by atomic mass is 9.96. The molecule has 0 aliphatic carbocycles. The van der Waals surface area contributed by atoms with Gasteiger partial charge in [0.2, 0.25) is 0 Å². The third-order valence-electron chi connectivity index (χ3n) is 3.30. The van der Waals surface area contributed by atoms with Crippen LogP contribution in [0.25, 0.3) is 11.1 Å². The van der Waals surface area contributed by atoms with Crippen LogP contribution in [0.5, 0.6) is 0 Å². The first-order valence-electron chi connectivity index (χ1n) is 6.56. The van der Waals surface area contributed by atoms with Gasteiger partial charge in [-0.1, -0.05) is 18.2 Å². The highest BCUT2D eigenvalue weighted by Crippen LogP contribution is 2.40. The third kappa shape index (κ3) is 3.78. The summed E-state index contributed by atoms with van der Waals surface area (Å²) in [6.45, 7) is 0. The SMILES string of the molecule is CN(C)c1cc(-c2ccccc2C(F)(F)F)cc(C(F)(F)F)c1. The van der Waals surface area contributed by atoms with Gasteiger partial charge in [0.05, 0.1) is 11.1 Å². The van der Waals surface area contributed by atoms with Crippen LogP contribution in [0.2, 0.25) is 0 Å². The van der Waals surface area contributed by atoms with Crippen molar-refractivity contribution in [1.29, 1.82) is 0 Å². The zero-order valence-corrected chi connectivity index (χ0v) is 12.3. The number of halogens is 6. The summed E-state index contributed by atoms with van der Waals surface area (Å²) in [4.78, 5) is 1.41. The molecule has 7 heteroatoms. The second kappa shape index (κ2) is 5.79. The third-order valence-corrected chi connectivity index (χ3v) is 3.30. The molecule has 0 saturated heterocycles. The van der Waals surface area contributed by atoms with Gasteiger partial charge in [0, 0.05) is 19.8 Å². The predicted octanol–water partition coefficient (Wildman–Crippen LogP) is 5.46. The van der Waals surface area contributed by atoms with E-state index >= 15 is 0 Å². The molecule has 0 atom stereocenters. The molecule has 0 aromatic heterocycles. The molecule has 0 spiro atoms. The summed E-state index contributed by atoms with van der Waals surface area (Å²) in [6.07, 6.45) is -9.29. The number of anilines is 1. The minimum absolute atomic E-state index is 0.128. The minimum Gasteiger partial charge on any atom is -0.378 e. The second-order valence-corrected chi connectivity index (χ2v) is 5.20. The Bertz CT molecular complexity index is 700. The minimum atomic E-state index is -4.65. The van der Waals surface area contributed by atoms with E-state index in [0.29, 0.717) is 0 Å². The van der Waals surface area contributed by atoms with Crippen LogP contribution in [0.1, 0.15) is 11.1 Å². The maximum Gasteiger partial charge on any atom is 0.417 e. The van der Waals surface area contributed by atoms with Gasteiger partial charge in [0.25, 0.3) is 0 Å². The smallest absolute Gasteiger partial charge is 0.378 e. The average Bonchev–Trinajstić information content (AvgIpc) is 2.45. The van der Waals surface area contributed by atoms with E-state index in [4.69, 9.17) is 0 Å². The normalized spacial score (nSPS) is 12.3. The van der Waals surface area contributed by atoms with Gasteiger partial charge in [-0.15, -0.1) is 0 Å². The van der Waals surface area contributed by atoms with E-state index < -0.39 is 23.5 Å². The number of rotatable bonds is 2. The largest absolute Gasteiger partial charge is 0.417 e. The van der Waals surface area contributed by atoms with E-state index in [1.807, 2.05) is 0 Å². The van der Waals surface area contributed by atoms with Crippen molar-refractivity contribution in [1.82, 2.24) is 0 Å². The summed E-state index contributed by atoms with van der Waals surface area (Å²) in [5.74, 6) is 0. The van der Waals surface area contributed by atoms with Gasteiger partial charge in [-0.25, -0.2) is 0 Å². The highest BCUT2D eigenvalue weighted by Gasteiger charge is 2.35. The van der Waals surface area contributed by atoms with Crippen molar-refractivity contribution in [2.75, 3.05) is 19.0 Å². The molecule has 0 saturated carbocycles. The van der Waals surface area contributed by atoms with E-state index in [9.17, 15) is 26.3 Å². The number of hydrogen-bond donors (Lipinski definition) is 0. The fourth-order valence-corrected chi connectivity index (χ4v) is 2.17. The number of alkyl halides is 6. The Hall–Kier alpha value is -2.18. The molecule has 124 valence electrons. The first kappa shape index (κ1) is 17.2. The molecular formula is C16H13F6N. The Morgan fingerprint density at radius 1 is 0.783 bits per heavy atom. The molecular weight excluding hydrogens is 320 g/mol. The lowest BCUT2D eigenvalue weighted by Crippen LogP contribution is -2.13. The molecule has 0 amide bonds. The Morgan fingerprint density at radius 2 is 1.39 bits per heavy atom. The van der Waals surface area contributed by atoms with Crippen molar-refractivity contribution in [3.05, 3.63) is 53.6 Å². The Kier molecular flexibility index (Phi) is 4.32. The molecule has 0 aliphatic rings. The van der Waals surface area contributed by atoms with Gasteiger partial charge in [-0.05, 0) is 35.4 Å². The Balaban J connectivity index is 2.72. The van der Waals surface area contributed by atoms with Gasteiger partial charge in [-0.2, -0.15) is 26.3 Å². The monoisotopic (exact) mass is 333 g/mol. The van der Waals surface area contributed by atoms with Crippen LogP contribution >= 0.6 is 0 Å². The Morgan fingerprint density at radius 3 is 1.91 bits per heavy atom. The molecule has 2 aromatic rings. The van der Waals surface area contributed by atoms with E-state index in [1.54, 1.807) is 0 Å². The lowest BCUT2D eigenvalue weighted by molar-refractivity contribution is -0.137. The van der Waals surface area contributed by atoms with Crippen molar-refractivity contribution in [3.63, 3.8) is 0 Å². The van der Waals surface area contributed by atoms with Crippen molar-refractivity contribution >= 4 is 5.69 Å². The van der Waals surface area contributed by atoms with E-state index in [0.717, 1.165) is 24.3 Å². The van der Waals surface area contributed by atoms with Crippen LogP contribution < -0.4 is 4.90 Å². The lowest BCUT2D eigenvalue weighted by Gasteiger charge is -2.19. The molecule has 2 aromatic carbocycles. The summed E-state index contributed by atoms with van der Waals surface area (Å²) in [5.41, 5.74) is -2.20. The summed E-state index contributed by atoms with van der Waals surface area (Å²) in [5, 5.41) is 0. The molecule has 0 bridgehead atoms. The van der Waals surface area contributed by atoms with E-state index in [-0.39, 0.29) is 16.8 Å². The molecule has 2 rings (SSSR count). The summed E-state index contributed by atoms with van der Waals surface area (Å²) in [6, 6.07) is 7.52. The van der Waals surface area contributed by atoms with Crippen molar-refractivity contribution < 1.29 is 26.3 Å². The number of hydrogen-bond acceptors (Lipinski definition) is 1. The quantitative estimate of drug-likeness (QED) is 0.660. The van der Waals surface area contributed by atoms with Crippen LogP contribution in [0.4, 0.5) is 32.0 Å². The van der Waals surface area contributed by atoms with Crippen LogP contribution in [0.15, 0.2) is 42.5 Å². The van der Waals surface area contributed by atoms with Gasteiger partial charge in [-0.3, -0.25) is 0 Å². The maximum absolute atomic E-state index is 13.1.